The lowest BCUT2D eigenvalue weighted by molar-refractivity contribution is -0.124. The number of fused-ring (bicyclic) bond motifs is 4. The Kier molecular flexibility index (Phi) is 7.47. The van der Waals surface area contributed by atoms with Gasteiger partial charge in [0.25, 0.3) is 0 Å². The molecule has 0 aliphatic carbocycles. The van der Waals surface area contributed by atoms with Crippen molar-refractivity contribution < 1.29 is 33.0 Å². The van der Waals surface area contributed by atoms with Gasteiger partial charge in [0, 0.05) is 22.0 Å². The van der Waals surface area contributed by atoms with Crippen LogP contribution in [-0.4, -0.2) is 42.3 Å². The van der Waals surface area contributed by atoms with Gasteiger partial charge in [0.2, 0.25) is 11.8 Å². The third-order valence-electron chi connectivity index (χ3n) is 8.69. The fraction of sp³-hybridized carbons (Fsp3) is 0.294. The number of hydrogen-bond acceptors (Lipinski definition) is 9. The van der Waals surface area contributed by atoms with Gasteiger partial charge in [-0.1, -0.05) is 68.4 Å². The number of halogens is 1. The summed E-state index contributed by atoms with van der Waals surface area (Å²) in [5, 5.41) is 9.25. The number of nitrogens with zero attached hydrogens (tertiary/aromatic N) is 1. The van der Waals surface area contributed by atoms with Gasteiger partial charge in [0.1, 0.15) is 29.9 Å². The van der Waals surface area contributed by atoms with Gasteiger partial charge in [-0.05, 0) is 45.1 Å². The average molecular weight is 688 g/mol. The van der Waals surface area contributed by atoms with E-state index in [1.807, 2.05) is 80.6 Å². The van der Waals surface area contributed by atoms with Gasteiger partial charge < -0.3 is 34.6 Å². The zero-order valence-electron chi connectivity index (χ0n) is 25.3. The van der Waals surface area contributed by atoms with Gasteiger partial charge in [-0.25, -0.2) is 14.6 Å². The highest BCUT2D eigenvalue weighted by Crippen LogP contribution is 2.59. The Morgan fingerprint density at radius 3 is 2.65 bits per heavy atom. The van der Waals surface area contributed by atoms with Gasteiger partial charge >= 0.3 is 12.1 Å². The first kappa shape index (κ1) is 29.8. The fourth-order valence-corrected chi connectivity index (χ4v) is 6.96. The van der Waals surface area contributed by atoms with Crippen LogP contribution in [0.1, 0.15) is 64.3 Å². The number of aromatic nitrogens is 1. The molecule has 3 aliphatic heterocycles. The fourth-order valence-electron chi connectivity index (χ4n) is 6.48. The van der Waals surface area contributed by atoms with Crippen LogP contribution in [0.4, 0.5) is 10.5 Å². The summed E-state index contributed by atoms with van der Waals surface area (Å²) in [4.78, 5) is 44.9. The van der Waals surface area contributed by atoms with Gasteiger partial charge in [0.15, 0.2) is 17.7 Å². The van der Waals surface area contributed by atoms with Crippen LogP contribution in [0.2, 0.25) is 0 Å². The van der Waals surface area contributed by atoms with E-state index in [4.69, 9.17) is 18.6 Å². The van der Waals surface area contributed by atoms with E-state index in [9.17, 15) is 14.4 Å². The number of amides is 2. The highest BCUT2D eigenvalue weighted by atomic mass is 79.9. The second-order valence-corrected chi connectivity index (χ2v) is 12.7. The summed E-state index contributed by atoms with van der Waals surface area (Å²) in [6.07, 6.45) is -1.27. The van der Waals surface area contributed by atoms with Gasteiger partial charge in [0.05, 0.1) is 12.8 Å². The van der Waals surface area contributed by atoms with Crippen molar-refractivity contribution in [2.45, 2.75) is 50.6 Å². The number of hydrogen-bond donors (Lipinski definition) is 3. The maximum Gasteiger partial charge on any atom is 0.408 e. The molecular formula is C34H31BrN4O7. The molecule has 1 aromatic heterocycles. The number of rotatable bonds is 5. The quantitative estimate of drug-likeness (QED) is 0.236. The van der Waals surface area contributed by atoms with E-state index >= 15 is 0 Å². The number of anilines is 1. The van der Waals surface area contributed by atoms with Crippen molar-refractivity contribution in [3.05, 3.63) is 111 Å². The normalized spacial score (nSPS) is 22.3. The predicted molar refractivity (Wildman–Crippen MR) is 169 cm³/mol. The Morgan fingerprint density at radius 2 is 1.89 bits per heavy atom. The molecule has 4 bridgehead atoms. The van der Waals surface area contributed by atoms with Crippen molar-refractivity contribution >= 4 is 39.6 Å². The molecule has 7 rings (SSSR count). The Bertz CT molecular complexity index is 1860. The molecule has 0 fully saturated rings. The summed E-state index contributed by atoms with van der Waals surface area (Å²) < 4.78 is 24.6. The third-order valence-corrected chi connectivity index (χ3v) is 9.35. The number of methoxy groups -OCH3 is 1. The molecule has 3 N–H and O–H groups in total. The molecule has 0 saturated carbocycles. The Labute approximate surface area is 273 Å². The van der Waals surface area contributed by atoms with E-state index < -0.39 is 41.7 Å². The number of para-hydroxylation sites is 1. The first-order valence-electron chi connectivity index (χ1n) is 14.9. The minimum absolute atomic E-state index is 0.0164. The molecule has 2 amide bonds. The van der Waals surface area contributed by atoms with Gasteiger partial charge in [-0.15, -0.1) is 0 Å². The second kappa shape index (κ2) is 11.5. The molecule has 4 aromatic rings. The zero-order chi connectivity index (χ0) is 32.2. The van der Waals surface area contributed by atoms with Crippen LogP contribution < -0.4 is 20.7 Å². The lowest BCUT2D eigenvalue weighted by Gasteiger charge is -2.28. The van der Waals surface area contributed by atoms with Crippen LogP contribution in [-0.2, 0) is 32.7 Å². The van der Waals surface area contributed by atoms with E-state index in [0.717, 1.165) is 32.4 Å². The number of esters is 1. The van der Waals surface area contributed by atoms with Gasteiger partial charge in [-0.3, -0.25) is 4.79 Å². The van der Waals surface area contributed by atoms with Crippen molar-refractivity contribution in [3.8, 4) is 5.75 Å². The zero-order valence-corrected chi connectivity index (χ0v) is 26.8. The number of alkyl carbamates (subject to hydrolysis) is 1. The minimum Gasteiger partial charge on any atom is -0.469 e. The second-order valence-electron chi connectivity index (χ2n) is 11.9. The Balaban J connectivity index is 1.37. The summed E-state index contributed by atoms with van der Waals surface area (Å²) in [6, 6.07) is 18.9. The number of benzene rings is 3. The molecule has 0 saturated heterocycles. The van der Waals surface area contributed by atoms with E-state index in [2.05, 4.69) is 36.9 Å². The van der Waals surface area contributed by atoms with E-state index in [1.165, 1.54) is 7.11 Å². The molecule has 4 atom stereocenters. The van der Waals surface area contributed by atoms with Crippen LogP contribution >= 0.6 is 15.9 Å². The largest absolute Gasteiger partial charge is 0.469 e. The summed E-state index contributed by atoms with van der Waals surface area (Å²) in [5.41, 5.74) is 2.74. The summed E-state index contributed by atoms with van der Waals surface area (Å²) >= 11 is 3.66. The number of carbonyl (C=O) groups excluding carboxylic acids is 3. The van der Waals surface area contributed by atoms with Crippen LogP contribution in [0.25, 0.3) is 0 Å². The number of carbonyl (C=O) groups is 3. The highest BCUT2D eigenvalue weighted by molar-refractivity contribution is 9.10. The first-order valence-corrected chi connectivity index (χ1v) is 15.7. The van der Waals surface area contributed by atoms with Crippen molar-refractivity contribution in [2.24, 2.45) is 5.92 Å². The predicted octanol–water partition coefficient (Wildman–Crippen LogP) is 5.37. The number of oxazole rings is 1. The Morgan fingerprint density at radius 1 is 1.09 bits per heavy atom. The van der Waals surface area contributed by atoms with Crippen molar-refractivity contribution in [3.63, 3.8) is 0 Å². The molecule has 3 aromatic carbocycles. The van der Waals surface area contributed by atoms with Crippen LogP contribution in [0, 0.1) is 5.92 Å². The SMILES string of the molecule is COC(=O)c1nc2oc1[C@]13c4cc(ccc4OC1Nc1c(Br)cccc13)CC(NC(=O)OCc1ccccc1)C(=O)N[C@H]2C(C)C. The molecular weight excluding hydrogens is 656 g/mol. The minimum atomic E-state index is -1.14. The lowest BCUT2D eigenvalue weighted by Crippen LogP contribution is -2.49. The summed E-state index contributed by atoms with van der Waals surface area (Å²) in [6.45, 7) is 3.85. The van der Waals surface area contributed by atoms with E-state index in [-0.39, 0.29) is 36.3 Å². The van der Waals surface area contributed by atoms with Crippen LogP contribution in [0.15, 0.2) is 75.6 Å². The van der Waals surface area contributed by atoms with E-state index in [1.54, 1.807) is 0 Å². The van der Waals surface area contributed by atoms with Crippen LogP contribution in [0.5, 0.6) is 5.75 Å². The van der Waals surface area contributed by atoms with Crippen molar-refractivity contribution in [2.75, 3.05) is 12.4 Å². The molecule has 1 spiro atoms. The smallest absolute Gasteiger partial charge is 0.408 e. The molecule has 12 heteroatoms. The summed E-state index contributed by atoms with van der Waals surface area (Å²) in [5.74, 6) is -0.397. The number of ether oxygens (including phenoxy) is 3. The molecule has 236 valence electrons. The van der Waals surface area contributed by atoms with E-state index in [0.29, 0.717) is 5.75 Å². The highest BCUT2D eigenvalue weighted by Gasteiger charge is 2.61. The molecule has 2 unspecified atom stereocenters. The monoisotopic (exact) mass is 686 g/mol. The summed E-state index contributed by atoms with van der Waals surface area (Å²) in [7, 11) is 1.28. The third kappa shape index (κ3) is 4.79. The molecule has 4 heterocycles. The molecule has 0 radical (unpaired) electrons. The molecule has 11 nitrogen and oxygen atoms in total. The average Bonchev–Trinajstić information content (AvgIpc) is 3.72. The standard InChI is InChI=1S/C34H31BrN4O7/c1-17(2)25-30-38-27(31(41)43-3)28(46-30)34-20-10-7-11-22(35)26(20)39-32(34)45-24-13-12-19(14-21(24)34)15-23(29(40)37-25)36-33(42)44-16-18-8-5-4-6-9-18/h4-14,17,23,25,32,39H,15-16H2,1-3H3,(H,36,42)(H,37,40)/t23?,25-,32?,34-/m0/s1. The maximum atomic E-state index is 13.9. The Hall–Kier alpha value is -4.84. The first-order chi connectivity index (χ1) is 22.2. The number of nitrogens with one attached hydrogen (secondary N) is 3. The van der Waals surface area contributed by atoms with Crippen molar-refractivity contribution in [1.29, 1.82) is 0 Å². The molecule has 3 aliphatic rings. The van der Waals surface area contributed by atoms with Crippen molar-refractivity contribution in [1.82, 2.24) is 15.6 Å². The molecule has 46 heavy (non-hydrogen) atoms. The van der Waals surface area contributed by atoms with Crippen LogP contribution in [0.3, 0.4) is 0 Å². The van der Waals surface area contributed by atoms with Gasteiger partial charge in [-0.2, -0.15) is 0 Å². The maximum absolute atomic E-state index is 13.9. The lowest BCUT2D eigenvalue weighted by atomic mass is 9.72. The topological polar surface area (TPSA) is 141 Å².